The monoisotopic (exact) mass is 405 g/mol. The Hall–Kier alpha value is -3.59. The summed E-state index contributed by atoms with van der Waals surface area (Å²) in [6.07, 6.45) is 2.27. The number of benzene rings is 2. The lowest BCUT2D eigenvalue weighted by atomic mass is 10.1. The van der Waals surface area contributed by atoms with E-state index in [9.17, 15) is 14.9 Å². The standard InChI is InChI=1S/C20H15N5O3S/c1-12-6-5-9-17(13(12)2)24-18(26)15-7-3-4-8-16(15)23-20(24)29-19-21-10-14(11-22-19)25(27)28/h3-11H,1-2H3. The summed E-state index contributed by atoms with van der Waals surface area (Å²) in [4.78, 5) is 36.3. The number of para-hydroxylation sites is 1. The molecule has 0 N–H and O–H groups in total. The predicted molar refractivity (Wildman–Crippen MR) is 110 cm³/mol. The minimum atomic E-state index is -0.561. The van der Waals surface area contributed by atoms with Crippen molar-refractivity contribution in [2.75, 3.05) is 0 Å². The molecule has 144 valence electrons. The first kappa shape index (κ1) is 18.8. The van der Waals surface area contributed by atoms with Crippen LogP contribution in [0.25, 0.3) is 16.6 Å². The van der Waals surface area contributed by atoms with Crippen LogP contribution in [0.1, 0.15) is 11.1 Å². The maximum Gasteiger partial charge on any atom is 0.305 e. The second kappa shape index (κ2) is 7.44. The highest BCUT2D eigenvalue weighted by molar-refractivity contribution is 7.99. The highest BCUT2D eigenvalue weighted by Crippen LogP contribution is 2.28. The summed E-state index contributed by atoms with van der Waals surface area (Å²) >= 11 is 1.08. The molecule has 0 saturated carbocycles. The summed E-state index contributed by atoms with van der Waals surface area (Å²) in [6, 6.07) is 12.8. The van der Waals surface area contributed by atoms with Gasteiger partial charge in [-0.15, -0.1) is 0 Å². The summed E-state index contributed by atoms with van der Waals surface area (Å²) in [5.41, 5.74) is 2.88. The summed E-state index contributed by atoms with van der Waals surface area (Å²) in [5, 5.41) is 12.0. The first-order valence-corrected chi connectivity index (χ1v) is 9.50. The third-order valence-electron chi connectivity index (χ3n) is 4.57. The maximum atomic E-state index is 13.3. The number of hydrogen-bond donors (Lipinski definition) is 0. The Kier molecular flexibility index (Phi) is 4.81. The predicted octanol–water partition coefficient (Wildman–Crippen LogP) is 3.85. The van der Waals surface area contributed by atoms with Crippen LogP contribution in [0.2, 0.25) is 0 Å². The van der Waals surface area contributed by atoms with Gasteiger partial charge in [0.15, 0.2) is 10.3 Å². The summed E-state index contributed by atoms with van der Waals surface area (Å²) < 4.78 is 1.54. The van der Waals surface area contributed by atoms with Gasteiger partial charge < -0.3 is 0 Å². The molecule has 0 aliphatic heterocycles. The molecule has 0 fully saturated rings. The van der Waals surface area contributed by atoms with Crippen molar-refractivity contribution in [1.29, 1.82) is 0 Å². The smallest absolute Gasteiger partial charge is 0.268 e. The van der Waals surface area contributed by atoms with Gasteiger partial charge in [-0.1, -0.05) is 24.3 Å². The Labute approximate surface area is 169 Å². The lowest BCUT2D eigenvalue weighted by Gasteiger charge is -2.15. The zero-order valence-electron chi connectivity index (χ0n) is 15.6. The molecular weight excluding hydrogens is 390 g/mol. The van der Waals surface area contributed by atoms with Crippen LogP contribution in [0.5, 0.6) is 0 Å². The van der Waals surface area contributed by atoms with Crippen molar-refractivity contribution in [1.82, 2.24) is 19.5 Å². The fraction of sp³-hybridized carbons (Fsp3) is 0.100. The largest absolute Gasteiger partial charge is 0.305 e. The minimum Gasteiger partial charge on any atom is -0.268 e. The van der Waals surface area contributed by atoms with E-state index in [0.717, 1.165) is 41.0 Å². The lowest BCUT2D eigenvalue weighted by Crippen LogP contribution is -2.22. The van der Waals surface area contributed by atoms with Crippen LogP contribution in [0.3, 0.4) is 0 Å². The van der Waals surface area contributed by atoms with E-state index in [1.807, 2.05) is 38.1 Å². The minimum absolute atomic E-state index is 0.200. The molecule has 0 bridgehead atoms. The van der Waals surface area contributed by atoms with Crippen LogP contribution < -0.4 is 5.56 Å². The first-order valence-electron chi connectivity index (χ1n) is 8.68. The van der Waals surface area contributed by atoms with Gasteiger partial charge in [-0.05, 0) is 54.9 Å². The van der Waals surface area contributed by atoms with Crippen molar-refractivity contribution >= 4 is 28.4 Å². The first-order chi connectivity index (χ1) is 14.0. The molecular formula is C20H15N5O3S. The number of hydrogen-bond acceptors (Lipinski definition) is 7. The topological polar surface area (TPSA) is 104 Å². The van der Waals surface area contributed by atoms with Gasteiger partial charge in [-0.2, -0.15) is 0 Å². The van der Waals surface area contributed by atoms with Gasteiger partial charge in [0.25, 0.3) is 5.56 Å². The third-order valence-corrected chi connectivity index (χ3v) is 5.42. The average molecular weight is 405 g/mol. The maximum absolute atomic E-state index is 13.3. The number of nitrogens with zero attached hydrogens (tertiary/aromatic N) is 5. The van der Waals surface area contributed by atoms with Crippen molar-refractivity contribution in [3.05, 3.63) is 86.5 Å². The van der Waals surface area contributed by atoms with E-state index in [-0.39, 0.29) is 16.4 Å². The molecule has 2 aromatic carbocycles. The highest BCUT2D eigenvalue weighted by atomic mass is 32.2. The number of fused-ring (bicyclic) bond motifs is 1. The number of aromatic nitrogens is 4. The van der Waals surface area contributed by atoms with Crippen molar-refractivity contribution in [3.8, 4) is 5.69 Å². The Morgan fingerprint density at radius 2 is 1.76 bits per heavy atom. The lowest BCUT2D eigenvalue weighted by molar-refractivity contribution is -0.385. The molecule has 0 radical (unpaired) electrons. The molecule has 0 amide bonds. The van der Waals surface area contributed by atoms with Crippen molar-refractivity contribution in [3.63, 3.8) is 0 Å². The van der Waals surface area contributed by atoms with Gasteiger partial charge in [0, 0.05) is 0 Å². The molecule has 4 rings (SSSR count). The SMILES string of the molecule is Cc1cccc(-n2c(Sc3ncc([N+](=O)[O-])cn3)nc3ccccc3c2=O)c1C. The van der Waals surface area contributed by atoms with E-state index < -0.39 is 4.92 Å². The second-order valence-electron chi connectivity index (χ2n) is 6.35. The van der Waals surface area contributed by atoms with E-state index in [0.29, 0.717) is 16.1 Å². The molecule has 0 unspecified atom stereocenters. The number of rotatable bonds is 4. The zero-order chi connectivity index (χ0) is 20.5. The summed E-state index contributed by atoms with van der Waals surface area (Å²) in [5.74, 6) is 0. The van der Waals surface area contributed by atoms with Crippen LogP contribution in [-0.4, -0.2) is 24.4 Å². The molecule has 8 nitrogen and oxygen atoms in total. The fourth-order valence-electron chi connectivity index (χ4n) is 2.91. The van der Waals surface area contributed by atoms with Crippen molar-refractivity contribution in [2.45, 2.75) is 24.2 Å². The van der Waals surface area contributed by atoms with Crippen LogP contribution in [0.15, 0.2) is 70.0 Å². The van der Waals surface area contributed by atoms with E-state index in [4.69, 9.17) is 0 Å². The highest BCUT2D eigenvalue weighted by Gasteiger charge is 2.17. The molecule has 29 heavy (non-hydrogen) atoms. The molecule has 4 aromatic rings. The molecule has 9 heteroatoms. The average Bonchev–Trinajstić information content (AvgIpc) is 2.71. The van der Waals surface area contributed by atoms with Crippen molar-refractivity contribution < 1.29 is 4.92 Å². The van der Waals surface area contributed by atoms with Gasteiger partial charge in [0.2, 0.25) is 0 Å². The number of nitro groups is 1. The molecule has 0 aliphatic carbocycles. The van der Waals surface area contributed by atoms with Crippen LogP contribution in [0.4, 0.5) is 5.69 Å². The summed E-state index contributed by atoms with van der Waals surface area (Å²) in [6.45, 7) is 3.92. The quantitative estimate of drug-likeness (QED) is 0.288. The zero-order valence-corrected chi connectivity index (χ0v) is 16.4. The summed E-state index contributed by atoms with van der Waals surface area (Å²) in [7, 11) is 0. The Morgan fingerprint density at radius 3 is 2.48 bits per heavy atom. The normalized spacial score (nSPS) is 11.0. The van der Waals surface area contributed by atoms with Gasteiger partial charge in [0.05, 0.1) is 21.5 Å². The molecule has 0 saturated heterocycles. The Morgan fingerprint density at radius 1 is 1.03 bits per heavy atom. The van der Waals surface area contributed by atoms with Crippen molar-refractivity contribution in [2.24, 2.45) is 0 Å². The van der Waals surface area contributed by atoms with E-state index in [2.05, 4.69) is 15.0 Å². The van der Waals surface area contributed by atoms with E-state index in [1.165, 1.54) is 0 Å². The fourth-order valence-corrected chi connectivity index (χ4v) is 3.70. The van der Waals surface area contributed by atoms with Crippen LogP contribution >= 0.6 is 11.8 Å². The van der Waals surface area contributed by atoms with E-state index >= 15 is 0 Å². The second-order valence-corrected chi connectivity index (χ2v) is 7.29. The molecule has 0 atom stereocenters. The number of aryl methyl sites for hydroxylation is 1. The van der Waals surface area contributed by atoms with Gasteiger partial charge in [-0.25, -0.2) is 15.0 Å². The van der Waals surface area contributed by atoms with E-state index in [1.54, 1.807) is 22.8 Å². The third kappa shape index (κ3) is 3.47. The molecule has 0 aliphatic rings. The van der Waals surface area contributed by atoms with Crippen LogP contribution in [-0.2, 0) is 0 Å². The molecule has 0 spiro atoms. The van der Waals surface area contributed by atoms with Gasteiger partial charge in [0.1, 0.15) is 12.4 Å². The Balaban J connectivity index is 1.93. The van der Waals surface area contributed by atoms with Gasteiger partial charge in [-0.3, -0.25) is 19.5 Å². The molecule has 2 aromatic heterocycles. The van der Waals surface area contributed by atoms with Crippen LogP contribution in [0, 0.1) is 24.0 Å². The molecule has 2 heterocycles. The van der Waals surface area contributed by atoms with Gasteiger partial charge >= 0.3 is 5.69 Å². The Bertz CT molecular complexity index is 1300.